The van der Waals surface area contributed by atoms with E-state index in [0.717, 1.165) is 6.42 Å². The molecule has 0 aliphatic carbocycles. The van der Waals surface area contributed by atoms with Gasteiger partial charge >= 0.3 is 5.97 Å². The van der Waals surface area contributed by atoms with Crippen LogP contribution in [0, 0.1) is 18.8 Å². The number of rotatable bonds is 5. The molecule has 2 rings (SSSR count). The molecule has 1 aromatic carbocycles. The minimum absolute atomic E-state index is 0.0922. The van der Waals surface area contributed by atoms with Crippen LogP contribution in [-0.2, 0) is 25.4 Å². The largest absolute Gasteiger partial charge is 0.459 e. The van der Waals surface area contributed by atoms with Gasteiger partial charge in [-0.05, 0) is 31.7 Å². The van der Waals surface area contributed by atoms with Crippen LogP contribution >= 0.6 is 0 Å². The third kappa shape index (κ3) is 6.10. The normalized spacial score (nSPS) is 28.2. The Labute approximate surface area is 150 Å². The van der Waals surface area contributed by atoms with Crippen molar-refractivity contribution in [2.24, 2.45) is 17.6 Å². The first kappa shape index (κ1) is 19.9. The molecule has 0 bridgehead atoms. The fourth-order valence-corrected chi connectivity index (χ4v) is 3.01. The third-order valence-corrected chi connectivity index (χ3v) is 4.40. The highest BCUT2D eigenvalue weighted by Gasteiger charge is 2.34. The third-order valence-electron chi connectivity index (χ3n) is 4.40. The van der Waals surface area contributed by atoms with Gasteiger partial charge in [0.2, 0.25) is 0 Å². The fourth-order valence-electron chi connectivity index (χ4n) is 3.01. The Hall–Kier alpha value is -1.43. The Morgan fingerprint density at radius 1 is 1.24 bits per heavy atom. The van der Waals surface area contributed by atoms with Crippen LogP contribution in [0.25, 0.3) is 0 Å². The zero-order valence-corrected chi connectivity index (χ0v) is 15.7. The lowest BCUT2D eigenvalue weighted by Crippen LogP contribution is -2.42. The van der Waals surface area contributed by atoms with E-state index in [1.54, 1.807) is 0 Å². The minimum atomic E-state index is -0.744. The van der Waals surface area contributed by atoms with Crippen LogP contribution < -0.4 is 5.73 Å². The van der Waals surface area contributed by atoms with Gasteiger partial charge in [0.1, 0.15) is 12.1 Å². The molecule has 1 saturated heterocycles. The number of carbonyl (C=O) groups is 1. The molecule has 5 heteroatoms. The molecule has 5 nitrogen and oxygen atoms in total. The number of ether oxygens (including phenoxy) is 3. The van der Waals surface area contributed by atoms with Crippen LogP contribution in [0.2, 0.25) is 0 Å². The van der Waals surface area contributed by atoms with E-state index in [4.69, 9.17) is 19.9 Å². The Morgan fingerprint density at radius 2 is 1.92 bits per heavy atom. The summed E-state index contributed by atoms with van der Waals surface area (Å²) in [6, 6.07) is 7.73. The van der Waals surface area contributed by atoms with Crippen molar-refractivity contribution in [3.05, 3.63) is 35.4 Å². The van der Waals surface area contributed by atoms with Gasteiger partial charge in [-0.15, -0.1) is 0 Å². The molecule has 1 aliphatic heterocycles. The molecule has 0 amide bonds. The number of nitrogens with two attached hydrogens (primary N) is 1. The van der Waals surface area contributed by atoms with Crippen molar-refractivity contribution in [3.63, 3.8) is 0 Å². The summed E-state index contributed by atoms with van der Waals surface area (Å²) in [5.74, 6) is 0.0647. The smallest absolute Gasteiger partial charge is 0.325 e. The van der Waals surface area contributed by atoms with Gasteiger partial charge < -0.3 is 19.9 Å². The molecule has 1 aliphatic rings. The molecule has 0 radical (unpaired) electrons. The van der Waals surface area contributed by atoms with E-state index >= 15 is 0 Å². The van der Waals surface area contributed by atoms with Crippen molar-refractivity contribution in [2.45, 2.75) is 52.4 Å². The van der Waals surface area contributed by atoms with Gasteiger partial charge in [-0.1, -0.05) is 43.7 Å². The van der Waals surface area contributed by atoms with Crippen LogP contribution in [0.4, 0.5) is 0 Å². The van der Waals surface area contributed by atoms with Crippen molar-refractivity contribution in [3.8, 4) is 0 Å². The Bertz CT molecular complexity index is 543. The van der Waals surface area contributed by atoms with Gasteiger partial charge in [0.05, 0.1) is 19.3 Å². The number of esters is 1. The predicted molar refractivity (Wildman–Crippen MR) is 97.3 cm³/mol. The van der Waals surface area contributed by atoms with E-state index < -0.39 is 12.0 Å². The summed E-state index contributed by atoms with van der Waals surface area (Å²) in [7, 11) is 0. The molecule has 1 fully saturated rings. The first-order chi connectivity index (χ1) is 11.9. The van der Waals surface area contributed by atoms with Crippen molar-refractivity contribution in [1.82, 2.24) is 0 Å². The van der Waals surface area contributed by atoms with Crippen molar-refractivity contribution in [1.29, 1.82) is 0 Å². The van der Waals surface area contributed by atoms with Crippen molar-refractivity contribution in [2.75, 3.05) is 19.8 Å². The molecule has 140 valence electrons. The number of cyclic esters (lactones) is 1. The molecular formula is C20H31NO4. The van der Waals surface area contributed by atoms with E-state index in [0.29, 0.717) is 19.1 Å². The summed E-state index contributed by atoms with van der Waals surface area (Å²) in [5.41, 5.74) is 8.27. The first-order valence-electron chi connectivity index (χ1n) is 9.07. The molecule has 4 atom stereocenters. The van der Waals surface area contributed by atoms with Gasteiger partial charge in [0, 0.05) is 12.5 Å². The maximum absolute atomic E-state index is 12.0. The quantitative estimate of drug-likeness (QED) is 0.827. The SMILES string of the molecule is Cc1ccc(CC2COCC(N)C(=O)OC(C)C2OCC(C)C)cc1. The number of aryl methyl sites for hydroxylation is 1. The molecule has 0 spiro atoms. The predicted octanol–water partition coefficient (Wildman–Crippen LogP) is 2.48. The molecule has 0 saturated carbocycles. The van der Waals surface area contributed by atoms with Crippen LogP contribution in [0.15, 0.2) is 24.3 Å². The lowest BCUT2D eigenvalue weighted by molar-refractivity contribution is -0.160. The van der Waals surface area contributed by atoms with E-state index in [2.05, 4.69) is 45.0 Å². The maximum atomic E-state index is 12.0. The monoisotopic (exact) mass is 349 g/mol. The van der Waals surface area contributed by atoms with Crippen LogP contribution in [-0.4, -0.2) is 44.0 Å². The topological polar surface area (TPSA) is 70.8 Å². The van der Waals surface area contributed by atoms with Crippen LogP contribution in [0.3, 0.4) is 0 Å². The highest BCUT2D eigenvalue weighted by molar-refractivity contribution is 5.75. The van der Waals surface area contributed by atoms with Gasteiger partial charge in [-0.25, -0.2) is 0 Å². The van der Waals surface area contributed by atoms with Crippen LogP contribution in [0.5, 0.6) is 0 Å². The van der Waals surface area contributed by atoms with Crippen molar-refractivity contribution < 1.29 is 19.0 Å². The first-order valence-corrected chi connectivity index (χ1v) is 9.07. The van der Waals surface area contributed by atoms with E-state index in [1.807, 2.05) is 6.92 Å². The van der Waals surface area contributed by atoms with E-state index in [9.17, 15) is 4.79 Å². The van der Waals surface area contributed by atoms with Crippen molar-refractivity contribution >= 4 is 5.97 Å². The second kappa shape index (κ2) is 9.32. The zero-order valence-electron chi connectivity index (χ0n) is 15.7. The van der Waals surface area contributed by atoms with E-state index in [1.165, 1.54) is 11.1 Å². The van der Waals surface area contributed by atoms with Gasteiger partial charge in [0.25, 0.3) is 0 Å². The summed E-state index contributed by atoms with van der Waals surface area (Å²) in [5, 5.41) is 0. The van der Waals surface area contributed by atoms with Crippen LogP contribution in [0.1, 0.15) is 31.9 Å². The number of carbonyl (C=O) groups excluding carboxylic acids is 1. The molecule has 0 aromatic heterocycles. The lowest BCUT2D eigenvalue weighted by Gasteiger charge is -2.31. The zero-order chi connectivity index (χ0) is 18.4. The molecule has 1 heterocycles. The second-order valence-electron chi connectivity index (χ2n) is 7.43. The molecular weight excluding hydrogens is 318 g/mol. The highest BCUT2D eigenvalue weighted by Crippen LogP contribution is 2.23. The second-order valence-corrected chi connectivity index (χ2v) is 7.43. The molecule has 1 aromatic rings. The standard InChI is InChI=1S/C20H31NO4/c1-13(2)10-24-19-15(4)25-20(22)18(21)12-23-11-17(19)9-16-7-5-14(3)6-8-16/h5-8,13,15,17-19H,9-12,21H2,1-4H3. The molecule has 25 heavy (non-hydrogen) atoms. The average molecular weight is 349 g/mol. The molecule has 4 unspecified atom stereocenters. The van der Waals surface area contributed by atoms with Gasteiger partial charge in [-0.2, -0.15) is 0 Å². The van der Waals surface area contributed by atoms with Gasteiger partial charge in [0.15, 0.2) is 0 Å². The Morgan fingerprint density at radius 3 is 2.56 bits per heavy atom. The minimum Gasteiger partial charge on any atom is -0.459 e. The number of hydrogen-bond donors (Lipinski definition) is 1. The Balaban J connectivity index is 2.18. The lowest BCUT2D eigenvalue weighted by atomic mass is 9.91. The highest BCUT2D eigenvalue weighted by atomic mass is 16.6. The summed E-state index contributed by atoms with van der Waals surface area (Å²) in [4.78, 5) is 12.0. The molecule has 2 N–H and O–H groups in total. The maximum Gasteiger partial charge on any atom is 0.325 e. The summed E-state index contributed by atoms with van der Waals surface area (Å²) in [6.07, 6.45) is 0.215. The summed E-state index contributed by atoms with van der Waals surface area (Å²) >= 11 is 0. The fraction of sp³-hybridized carbons (Fsp3) is 0.650. The summed E-state index contributed by atoms with van der Waals surface area (Å²) in [6.45, 7) is 9.44. The van der Waals surface area contributed by atoms with Gasteiger partial charge in [-0.3, -0.25) is 4.79 Å². The van der Waals surface area contributed by atoms with E-state index in [-0.39, 0.29) is 24.7 Å². The summed E-state index contributed by atoms with van der Waals surface area (Å²) < 4.78 is 17.4. The average Bonchev–Trinajstić information content (AvgIpc) is 2.59. The number of benzene rings is 1. The number of hydrogen-bond acceptors (Lipinski definition) is 5. The Kier molecular flexibility index (Phi) is 7.41.